The maximum Gasteiger partial charge on any atom is 0.403 e. The SMILES string of the molecule is CCCCCCCCCCCOC(=O)Cl. The van der Waals surface area contributed by atoms with E-state index in [2.05, 4.69) is 11.7 Å². The minimum Gasteiger partial charge on any atom is -0.454 e. The van der Waals surface area contributed by atoms with Gasteiger partial charge in [-0.05, 0) is 6.42 Å². The molecule has 0 bridgehead atoms. The highest BCUT2D eigenvalue weighted by Crippen LogP contribution is 2.09. The molecule has 3 heteroatoms. The zero-order valence-corrected chi connectivity index (χ0v) is 10.5. The van der Waals surface area contributed by atoms with Gasteiger partial charge in [-0.1, -0.05) is 58.3 Å². The Morgan fingerprint density at radius 2 is 1.40 bits per heavy atom. The molecule has 90 valence electrons. The zero-order chi connectivity index (χ0) is 11.4. The van der Waals surface area contributed by atoms with Crippen LogP contribution in [0.5, 0.6) is 0 Å². The van der Waals surface area contributed by atoms with E-state index in [9.17, 15) is 4.79 Å². The van der Waals surface area contributed by atoms with E-state index in [1.54, 1.807) is 0 Å². The Balaban J connectivity index is 2.89. The van der Waals surface area contributed by atoms with E-state index in [1.165, 1.54) is 44.9 Å². The first-order valence-corrected chi connectivity index (χ1v) is 6.47. The van der Waals surface area contributed by atoms with Crippen LogP contribution in [0.15, 0.2) is 0 Å². The lowest BCUT2D eigenvalue weighted by atomic mass is 10.1. The van der Waals surface area contributed by atoms with Gasteiger partial charge in [-0.2, -0.15) is 0 Å². The van der Waals surface area contributed by atoms with Crippen molar-refractivity contribution >= 4 is 17.0 Å². The minimum absolute atomic E-state index is 0.470. The van der Waals surface area contributed by atoms with Crippen LogP contribution < -0.4 is 0 Å². The van der Waals surface area contributed by atoms with Crippen LogP contribution in [0.3, 0.4) is 0 Å². The van der Waals surface area contributed by atoms with Crippen molar-refractivity contribution in [3.63, 3.8) is 0 Å². The van der Waals surface area contributed by atoms with Crippen LogP contribution in [0.1, 0.15) is 64.7 Å². The lowest BCUT2D eigenvalue weighted by Crippen LogP contribution is -1.96. The van der Waals surface area contributed by atoms with Crippen LogP contribution in [0, 0.1) is 0 Å². The maximum absolute atomic E-state index is 10.2. The van der Waals surface area contributed by atoms with Gasteiger partial charge in [0.25, 0.3) is 0 Å². The Bertz CT molecular complexity index is 149. The first-order chi connectivity index (χ1) is 7.27. The second-order valence-electron chi connectivity index (χ2n) is 3.91. The Labute approximate surface area is 98.3 Å². The van der Waals surface area contributed by atoms with Crippen LogP contribution in [-0.2, 0) is 4.74 Å². The average Bonchev–Trinajstić information content (AvgIpc) is 2.20. The van der Waals surface area contributed by atoms with Crippen molar-refractivity contribution in [1.29, 1.82) is 0 Å². The normalized spacial score (nSPS) is 10.3. The predicted octanol–water partition coefficient (Wildman–Crippen LogP) is 4.89. The molecule has 2 nitrogen and oxygen atoms in total. The standard InChI is InChI=1S/C12H23ClO2/c1-2-3-4-5-6-7-8-9-10-11-15-12(13)14/h2-11H2,1H3. The van der Waals surface area contributed by atoms with E-state index < -0.39 is 5.43 Å². The summed E-state index contributed by atoms with van der Waals surface area (Å²) in [6, 6.07) is 0. The summed E-state index contributed by atoms with van der Waals surface area (Å²) in [6.07, 6.45) is 11.4. The van der Waals surface area contributed by atoms with Crippen LogP contribution in [0.4, 0.5) is 4.79 Å². The van der Waals surface area contributed by atoms with Crippen molar-refractivity contribution in [2.75, 3.05) is 6.61 Å². The number of carbonyl (C=O) groups excluding carboxylic acids is 1. The summed E-state index contributed by atoms with van der Waals surface area (Å²) in [5, 5.41) is 0. The quantitative estimate of drug-likeness (QED) is 0.397. The Morgan fingerprint density at radius 3 is 1.87 bits per heavy atom. The van der Waals surface area contributed by atoms with Crippen molar-refractivity contribution in [2.45, 2.75) is 64.7 Å². The Hall–Kier alpha value is -0.240. The number of unbranched alkanes of at least 4 members (excludes halogenated alkanes) is 8. The van der Waals surface area contributed by atoms with Crippen molar-refractivity contribution in [3.8, 4) is 0 Å². The van der Waals surface area contributed by atoms with Gasteiger partial charge in [-0.25, -0.2) is 4.79 Å². The Kier molecular flexibility index (Phi) is 11.6. The predicted molar refractivity (Wildman–Crippen MR) is 64.4 cm³/mol. The lowest BCUT2D eigenvalue weighted by molar-refractivity contribution is 0.170. The third-order valence-corrected chi connectivity index (χ3v) is 2.57. The fourth-order valence-corrected chi connectivity index (χ4v) is 1.64. The Morgan fingerprint density at radius 1 is 0.933 bits per heavy atom. The number of hydrogen-bond acceptors (Lipinski definition) is 2. The first-order valence-electron chi connectivity index (χ1n) is 6.09. The number of halogens is 1. The molecule has 0 aliphatic heterocycles. The monoisotopic (exact) mass is 234 g/mol. The van der Waals surface area contributed by atoms with Crippen molar-refractivity contribution in [3.05, 3.63) is 0 Å². The molecule has 0 aliphatic rings. The summed E-state index contributed by atoms with van der Waals surface area (Å²) in [7, 11) is 0. The molecule has 0 aromatic carbocycles. The first kappa shape index (κ1) is 14.8. The van der Waals surface area contributed by atoms with Gasteiger partial charge in [-0.3, -0.25) is 0 Å². The molecule has 0 amide bonds. The van der Waals surface area contributed by atoms with E-state index in [0.717, 1.165) is 12.8 Å². The van der Waals surface area contributed by atoms with Crippen LogP contribution in [-0.4, -0.2) is 12.0 Å². The molecule has 0 heterocycles. The zero-order valence-electron chi connectivity index (χ0n) is 9.77. The molecule has 0 fully saturated rings. The van der Waals surface area contributed by atoms with Gasteiger partial charge >= 0.3 is 5.43 Å². The number of ether oxygens (including phenoxy) is 1. The van der Waals surface area contributed by atoms with Gasteiger partial charge in [0, 0.05) is 11.6 Å². The number of carbonyl (C=O) groups is 1. The minimum atomic E-state index is -0.686. The fourth-order valence-electron chi connectivity index (χ4n) is 1.57. The molecule has 0 saturated carbocycles. The third kappa shape index (κ3) is 13.8. The molecule has 0 radical (unpaired) electrons. The highest BCUT2D eigenvalue weighted by Gasteiger charge is 1.95. The molecule has 0 aliphatic carbocycles. The highest BCUT2D eigenvalue weighted by atomic mass is 35.5. The van der Waals surface area contributed by atoms with Gasteiger partial charge < -0.3 is 4.74 Å². The van der Waals surface area contributed by atoms with Gasteiger partial charge in [0.15, 0.2) is 0 Å². The van der Waals surface area contributed by atoms with E-state index >= 15 is 0 Å². The topological polar surface area (TPSA) is 26.3 Å². The number of rotatable bonds is 10. The van der Waals surface area contributed by atoms with E-state index in [0.29, 0.717) is 6.61 Å². The van der Waals surface area contributed by atoms with E-state index in [1.807, 2.05) is 0 Å². The van der Waals surface area contributed by atoms with Gasteiger partial charge in [0.1, 0.15) is 0 Å². The lowest BCUT2D eigenvalue weighted by Gasteiger charge is -2.01. The highest BCUT2D eigenvalue weighted by molar-refractivity contribution is 6.61. The molecule has 0 aromatic rings. The molecule has 0 atom stereocenters. The molecule has 0 spiro atoms. The van der Waals surface area contributed by atoms with E-state index in [4.69, 9.17) is 11.6 Å². The largest absolute Gasteiger partial charge is 0.454 e. The summed E-state index contributed by atoms with van der Waals surface area (Å²) in [6.45, 7) is 2.70. The van der Waals surface area contributed by atoms with Crippen LogP contribution in [0.25, 0.3) is 0 Å². The summed E-state index contributed by atoms with van der Waals surface area (Å²) < 4.78 is 4.63. The summed E-state index contributed by atoms with van der Waals surface area (Å²) >= 11 is 5.03. The molecule has 0 saturated heterocycles. The van der Waals surface area contributed by atoms with Gasteiger partial charge in [-0.15, -0.1) is 0 Å². The molecule has 0 aromatic heterocycles. The summed E-state index contributed by atoms with van der Waals surface area (Å²) in [4.78, 5) is 10.2. The van der Waals surface area contributed by atoms with Crippen LogP contribution in [0.2, 0.25) is 0 Å². The molecular weight excluding hydrogens is 212 g/mol. The molecule has 15 heavy (non-hydrogen) atoms. The molecule has 0 N–H and O–H groups in total. The summed E-state index contributed by atoms with van der Waals surface area (Å²) in [5.74, 6) is 0. The fraction of sp³-hybridized carbons (Fsp3) is 0.917. The maximum atomic E-state index is 10.2. The van der Waals surface area contributed by atoms with Gasteiger partial charge in [0.05, 0.1) is 6.61 Å². The second kappa shape index (κ2) is 11.8. The smallest absolute Gasteiger partial charge is 0.403 e. The van der Waals surface area contributed by atoms with Crippen LogP contribution >= 0.6 is 11.6 Å². The molecule has 0 unspecified atom stereocenters. The van der Waals surface area contributed by atoms with Gasteiger partial charge in [0.2, 0.25) is 0 Å². The average molecular weight is 235 g/mol. The summed E-state index contributed by atoms with van der Waals surface area (Å²) in [5.41, 5.74) is -0.686. The number of hydrogen-bond donors (Lipinski definition) is 0. The van der Waals surface area contributed by atoms with Crippen molar-refractivity contribution in [1.82, 2.24) is 0 Å². The van der Waals surface area contributed by atoms with E-state index in [-0.39, 0.29) is 0 Å². The third-order valence-electron chi connectivity index (χ3n) is 2.46. The van der Waals surface area contributed by atoms with Crippen molar-refractivity contribution in [2.24, 2.45) is 0 Å². The molecular formula is C12H23ClO2. The van der Waals surface area contributed by atoms with Crippen molar-refractivity contribution < 1.29 is 9.53 Å². The molecule has 0 rings (SSSR count). The second-order valence-corrected chi connectivity index (χ2v) is 4.22.